The molecule has 2 N–H and O–H groups in total. The van der Waals surface area contributed by atoms with Crippen molar-refractivity contribution in [3.8, 4) is 5.75 Å². The van der Waals surface area contributed by atoms with Crippen LogP contribution >= 0.6 is 0 Å². The number of nitrogens with one attached hydrogen (secondary N) is 1. The molecule has 4 nitrogen and oxygen atoms in total. The Bertz CT molecular complexity index is 866. The average Bonchev–Trinajstić information content (AvgIpc) is 3.13. The number of hydrogen-bond donors (Lipinski definition) is 2. The lowest BCUT2D eigenvalue weighted by Crippen LogP contribution is -2.37. The van der Waals surface area contributed by atoms with Crippen molar-refractivity contribution >= 4 is 10.9 Å². The molecule has 1 atom stereocenters. The molecule has 0 radical (unpaired) electrons. The number of ether oxygens (including phenoxy) is 1. The number of hydrogen-bond acceptors (Lipinski definition) is 3. The second-order valence-corrected chi connectivity index (χ2v) is 7.61. The number of aliphatic hydroxyl groups is 1. The number of aliphatic hydroxyl groups excluding tert-OH is 1. The maximum Gasteiger partial charge on any atom is 0.119 e. The minimum atomic E-state index is -0.489. The number of benzene rings is 2. The molecule has 1 aliphatic rings. The van der Waals surface area contributed by atoms with Crippen LogP contribution in [0.5, 0.6) is 5.75 Å². The summed E-state index contributed by atoms with van der Waals surface area (Å²) in [5.41, 5.74) is 3.42. The lowest BCUT2D eigenvalue weighted by Gasteiger charge is -2.33. The van der Waals surface area contributed by atoms with Gasteiger partial charge in [-0.25, -0.2) is 0 Å². The largest absolute Gasteiger partial charge is 0.497 e. The van der Waals surface area contributed by atoms with E-state index in [1.165, 1.54) is 24.8 Å². The number of β-amino-alcohol motifs (C(OH)–C–C–N with tert-alkyl or cyclic N) is 1. The normalized spacial score (nSPS) is 17.3. The fourth-order valence-corrected chi connectivity index (χ4v) is 4.19. The zero-order chi connectivity index (χ0) is 18.6. The smallest absolute Gasteiger partial charge is 0.119 e. The second-order valence-electron chi connectivity index (χ2n) is 7.61. The Morgan fingerprint density at radius 1 is 1.15 bits per heavy atom. The van der Waals surface area contributed by atoms with Crippen LogP contribution in [0, 0.1) is 5.92 Å². The summed E-state index contributed by atoms with van der Waals surface area (Å²) in [5.74, 6) is 1.57. The molecule has 0 saturated carbocycles. The van der Waals surface area contributed by atoms with Gasteiger partial charge in [0, 0.05) is 29.2 Å². The first-order valence-corrected chi connectivity index (χ1v) is 9.82. The van der Waals surface area contributed by atoms with E-state index in [9.17, 15) is 5.11 Å². The van der Waals surface area contributed by atoms with Crippen molar-refractivity contribution in [3.63, 3.8) is 0 Å². The summed E-state index contributed by atoms with van der Waals surface area (Å²) in [5, 5.41) is 11.9. The fourth-order valence-electron chi connectivity index (χ4n) is 4.19. The summed E-state index contributed by atoms with van der Waals surface area (Å²) in [6.45, 7) is 2.79. The van der Waals surface area contributed by atoms with Crippen molar-refractivity contribution in [1.82, 2.24) is 9.88 Å². The quantitative estimate of drug-likeness (QED) is 0.690. The molecule has 4 heteroatoms. The molecule has 1 saturated heterocycles. The van der Waals surface area contributed by atoms with Crippen LogP contribution in [-0.2, 0) is 6.42 Å². The SMILES string of the molecule is COc1ccc2[nH]cc(C(O)CN3CCC(Cc4ccccc4)CC3)c2c1. The first-order chi connectivity index (χ1) is 13.2. The summed E-state index contributed by atoms with van der Waals surface area (Å²) in [4.78, 5) is 5.65. The van der Waals surface area contributed by atoms with E-state index in [4.69, 9.17) is 4.74 Å². The van der Waals surface area contributed by atoms with Gasteiger partial charge >= 0.3 is 0 Å². The number of nitrogens with zero attached hydrogens (tertiary/aromatic N) is 1. The standard InChI is InChI=1S/C23H28N2O2/c1-27-19-7-8-22-20(14-19)21(15-24-22)23(26)16-25-11-9-18(10-12-25)13-17-5-3-2-4-6-17/h2-8,14-15,18,23-24,26H,9-13,16H2,1H3. The summed E-state index contributed by atoms with van der Waals surface area (Å²) in [6.07, 6.45) is 5.00. The molecule has 1 fully saturated rings. The zero-order valence-corrected chi connectivity index (χ0v) is 15.9. The van der Waals surface area contributed by atoms with E-state index in [-0.39, 0.29) is 0 Å². The highest BCUT2D eigenvalue weighted by molar-refractivity contribution is 5.85. The summed E-state index contributed by atoms with van der Waals surface area (Å²) < 4.78 is 5.33. The molecule has 0 spiro atoms. The first-order valence-electron chi connectivity index (χ1n) is 9.82. The number of methoxy groups -OCH3 is 1. The molecular formula is C23H28N2O2. The van der Waals surface area contributed by atoms with Gasteiger partial charge in [-0.2, -0.15) is 0 Å². The van der Waals surface area contributed by atoms with E-state index in [2.05, 4.69) is 40.2 Å². The van der Waals surface area contributed by atoms with Crippen molar-refractivity contribution in [1.29, 1.82) is 0 Å². The summed E-state index contributed by atoms with van der Waals surface area (Å²) in [6, 6.07) is 16.7. The van der Waals surface area contributed by atoms with Crippen LogP contribution in [0.25, 0.3) is 10.9 Å². The topological polar surface area (TPSA) is 48.5 Å². The van der Waals surface area contributed by atoms with E-state index < -0.39 is 6.10 Å². The molecule has 142 valence electrons. The number of likely N-dealkylation sites (tertiary alicyclic amines) is 1. The average molecular weight is 364 g/mol. The maximum absolute atomic E-state index is 10.8. The number of fused-ring (bicyclic) bond motifs is 1. The van der Waals surface area contributed by atoms with Crippen LogP contribution in [-0.4, -0.2) is 41.7 Å². The monoisotopic (exact) mass is 364 g/mol. The van der Waals surface area contributed by atoms with E-state index in [0.29, 0.717) is 6.54 Å². The highest BCUT2D eigenvalue weighted by Crippen LogP contribution is 2.29. The Kier molecular flexibility index (Phi) is 5.46. The van der Waals surface area contributed by atoms with Gasteiger partial charge in [0.2, 0.25) is 0 Å². The number of rotatable bonds is 6. The van der Waals surface area contributed by atoms with Gasteiger partial charge in [0.15, 0.2) is 0 Å². The number of H-pyrrole nitrogens is 1. The van der Waals surface area contributed by atoms with Crippen LogP contribution in [0.4, 0.5) is 0 Å². The number of aromatic amines is 1. The summed E-state index contributed by atoms with van der Waals surface area (Å²) >= 11 is 0. The van der Waals surface area contributed by atoms with Gasteiger partial charge in [-0.3, -0.25) is 0 Å². The number of piperidine rings is 1. The van der Waals surface area contributed by atoms with Crippen molar-refractivity contribution in [2.45, 2.75) is 25.4 Å². The van der Waals surface area contributed by atoms with E-state index in [0.717, 1.165) is 41.2 Å². The molecule has 4 rings (SSSR count). The highest BCUT2D eigenvalue weighted by Gasteiger charge is 2.23. The molecule has 3 aromatic rings. The predicted molar refractivity (Wildman–Crippen MR) is 109 cm³/mol. The van der Waals surface area contributed by atoms with Crippen LogP contribution in [0.2, 0.25) is 0 Å². The maximum atomic E-state index is 10.8. The van der Waals surface area contributed by atoms with Gasteiger partial charge in [-0.1, -0.05) is 30.3 Å². The Labute approximate surface area is 160 Å². The van der Waals surface area contributed by atoms with Gasteiger partial charge in [0.05, 0.1) is 13.2 Å². The van der Waals surface area contributed by atoms with Crippen molar-refractivity contribution in [2.75, 3.05) is 26.7 Å². The van der Waals surface area contributed by atoms with Crippen LogP contribution in [0.15, 0.2) is 54.7 Å². The van der Waals surface area contributed by atoms with Gasteiger partial charge in [-0.15, -0.1) is 0 Å². The van der Waals surface area contributed by atoms with E-state index >= 15 is 0 Å². The third-order valence-electron chi connectivity index (χ3n) is 5.79. The molecule has 0 bridgehead atoms. The van der Waals surface area contributed by atoms with Gasteiger partial charge in [-0.05, 0) is 62.0 Å². The second kappa shape index (κ2) is 8.15. The third kappa shape index (κ3) is 4.18. The Balaban J connectivity index is 1.35. The molecule has 0 amide bonds. The Morgan fingerprint density at radius 3 is 2.67 bits per heavy atom. The van der Waals surface area contributed by atoms with Crippen molar-refractivity contribution < 1.29 is 9.84 Å². The third-order valence-corrected chi connectivity index (χ3v) is 5.79. The van der Waals surface area contributed by atoms with Crippen molar-refractivity contribution in [2.24, 2.45) is 5.92 Å². The minimum Gasteiger partial charge on any atom is -0.497 e. The van der Waals surface area contributed by atoms with Gasteiger partial charge in [0.1, 0.15) is 5.75 Å². The van der Waals surface area contributed by atoms with Crippen molar-refractivity contribution in [3.05, 3.63) is 65.9 Å². The van der Waals surface area contributed by atoms with Gasteiger partial charge < -0.3 is 19.7 Å². The van der Waals surface area contributed by atoms with Crippen LogP contribution in [0.1, 0.15) is 30.1 Å². The van der Waals surface area contributed by atoms with E-state index in [1.807, 2.05) is 24.4 Å². The molecule has 1 aliphatic heterocycles. The molecule has 2 aromatic carbocycles. The number of aromatic nitrogens is 1. The Hall–Kier alpha value is -2.30. The highest BCUT2D eigenvalue weighted by atomic mass is 16.5. The molecule has 1 aromatic heterocycles. The zero-order valence-electron chi connectivity index (χ0n) is 15.9. The molecule has 1 unspecified atom stereocenters. The Morgan fingerprint density at radius 2 is 1.93 bits per heavy atom. The predicted octanol–water partition coefficient (Wildman–Crippen LogP) is 4.16. The molecule has 2 heterocycles. The first kappa shape index (κ1) is 18.1. The lowest BCUT2D eigenvalue weighted by atomic mass is 9.90. The van der Waals surface area contributed by atoms with Crippen LogP contribution < -0.4 is 4.74 Å². The lowest BCUT2D eigenvalue weighted by molar-refractivity contribution is 0.0901. The fraction of sp³-hybridized carbons (Fsp3) is 0.391. The molecule has 0 aliphatic carbocycles. The van der Waals surface area contributed by atoms with Crippen LogP contribution in [0.3, 0.4) is 0 Å². The minimum absolute atomic E-state index is 0.489. The summed E-state index contributed by atoms with van der Waals surface area (Å²) in [7, 11) is 1.67. The molecule has 27 heavy (non-hydrogen) atoms. The van der Waals surface area contributed by atoms with Gasteiger partial charge in [0.25, 0.3) is 0 Å². The van der Waals surface area contributed by atoms with E-state index in [1.54, 1.807) is 7.11 Å². The molecular weight excluding hydrogens is 336 g/mol.